The molecule has 1 aromatic rings. The van der Waals surface area contributed by atoms with Crippen LogP contribution in [0.5, 0.6) is 0 Å². The number of ether oxygens (including phenoxy) is 1. The van der Waals surface area contributed by atoms with Gasteiger partial charge in [0.05, 0.1) is 7.11 Å². The second-order valence-electron chi connectivity index (χ2n) is 6.27. The number of esters is 1. The quantitative estimate of drug-likeness (QED) is 0.175. The van der Waals surface area contributed by atoms with Crippen LogP contribution in [0.3, 0.4) is 0 Å². The van der Waals surface area contributed by atoms with Crippen LogP contribution in [0.2, 0.25) is 0 Å². The average Bonchev–Trinajstić information content (AvgIpc) is 2.57. The lowest BCUT2D eigenvalue weighted by Crippen LogP contribution is -2.22. The molecule has 0 spiro atoms. The van der Waals surface area contributed by atoms with Gasteiger partial charge in [-0.25, -0.2) is 0 Å². The molecule has 25 heavy (non-hydrogen) atoms. The number of guanidine groups is 1. The maximum Gasteiger partial charge on any atom is 0.305 e. The van der Waals surface area contributed by atoms with Crippen LogP contribution in [-0.2, 0) is 9.53 Å². The van der Waals surface area contributed by atoms with Gasteiger partial charge in [-0.05, 0) is 36.5 Å². The zero-order chi connectivity index (χ0) is 17.8. The Bertz CT molecular complexity index is 533. The van der Waals surface area contributed by atoms with Gasteiger partial charge in [0.1, 0.15) is 0 Å². The van der Waals surface area contributed by atoms with E-state index in [9.17, 15) is 4.79 Å². The number of anilines is 1. The van der Waals surface area contributed by atoms with E-state index in [-0.39, 0.29) is 29.9 Å². The smallest absolute Gasteiger partial charge is 0.305 e. The maximum absolute atomic E-state index is 11.0. The molecule has 0 amide bonds. The van der Waals surface area contributed by atoms with E-state index < -0.39 is 0 Å². The summed E-state index contributed by atoms with van der Waals surface area (Å²) in [5.41, 5.74) is 8.19. The molecule has 0 aliphatic rings. The molecule has 1 aromatic carbocycles. The van der Waals surface area contributed by atoms with Gasteiger partial charge in [-0.3, -0.25) is 9.79 Å². The topological polar surface area (TPSA) is 76.7 Å². The van der Waals surface area contributed by atoms with Crippen molar-refractivity contribution < 1.29 is 9.53 Å². The molecule has 0 aliphatic carbocycles. The summed E-state index contributed by atoms with van der Waals surface area (Å²) >= 11 is 0. The fourth-order valence-corrected chi connectivity index (χ4v) is 2.38. The predicted octanol–water partition coefficient (Wildman–Crippen LogP) is 4.67. The van der Waals surface area contributed by atoms with Crippen LogP contribution >= 0.6 is 24.0 Å². The van der Waals surface area contributed by atoms with Crippen molar-refractivity contribution in [2.75, 3.05) is 19.0 Å². The maximum atomic E-state index is 11.0. The van der Waals surface area contributed by atoms with Gasteiger partial charge in [-0.1, -0.05) is 45.2 Å². The summed E-state index contributed by atoms with van der Waals surface area (Å²) in [5.74, 6) is 0.825. The monoisotopic (exact) mass is 461 g/mol. The first-order valence-corrected chi connectivity index (χ1v) is 8.76. The molecule has 0 heterocycles. The summed E-state index contributed by atoms with van der Waals surface area (Å²) in [5, 5.41) is 3.14. The number of rotatable bonds is 10. The van der Waals surface area contributed by atoms with Gasteiger partial charge < -0.3 is 15.8 Å². The Kier molecular flexibility index (Phi) is 13.2. The van der Waals surface area contributed by atoms with Crippen molar-refractivity contribution in [1.29, 1.82) is 0 Å². The Morgan fingerprint density at radius 2 is 1.88 bits per heavy atom. The lowest BCUT2D eigenvalue weighted by atomic mass is 10.0. The van der Waals surface area contributed by atoms with Crippen LogP contribution in [0.15, 0.2) is 29.3 Å². The number of nitrogens with zero attached hydrogens (tertiary/aromatic N) is 1. The highest BCUT2D eigenvalue weighted by Gasteiger charge is 2.01. The first kappa shape index (κ1) is 23.7. The van der Waals surface area contributed by atoms with E-state index in [2.05, 4.69) is 41.0 Å². The van der Waals surface area contributed by atoms with Crippen molar-refractivity contribution in [3.63, 3.8) is 0 Å². The number of carbonyl (C=O) groups is 1. The lowest BCUT2D eigenvalue weighted by Gasteiger charge is -2.10. The number of unbranched alkanes of at least 4 members (excludes halogenated alkanes) is 4. The minimum atomic E-state index is -0.125. The zero-order valence-electron chi connectivity index (χ0n) is 15.6. The van der Waals surface area contributed by atoms with Crippen molar-refractivity contribution in [1.82, 2.24) is 0 Å². The minimum Gasteiger partial charge on any atom is -0.469 e. The average molecular weight is 461 g/mol. The van der Waals surface area contributed by atoms with E-state index in [1.54, 1.807) is 0 Å². The SMILES string of the molecule is COC(=O)CCCCCCCN=C(N)Nc1cccc(C(C)C)c1.I. The Morgan fingerprint density at radius 3 is 2.56 bits per heavy atom. The van der Waals surface area contributed by atoms with Crippen LogP contribution in [0.4, 0.5) is 5.69 Å². The summed E-state index contributed by atoms with van der Waals surface area (Å²) in [6, 6.07) is 8.24. The number of nitrogens with one attached hydrogen (secondary N) is 1. The van der Waals surface area contributed by atoms with Crippen molar-refractivity contribution in [2.45, 2.75) is 58.3 Å². The molecule has 6 heteroatoms. The van der Waals surface area contributed by atoms with E-state index >= 15 is 0 Å². The van der Waals surface area contributed by atoms with Gasteiger partial charge >= 0.3 is 5.97 Å². The normalized spacial score (nSPS) is 11.1. The Morgan fingerprint density at radius 1 is 1.20 bits per heavy atom. The molecular formula is C19H32IN3O2. The first-order valence-electron chi connectivity index (χ1n) is 8.76. The third-order valence-corrected chi connectivity index (χ3v) is 3.87. The number of hydrogen-bond donors (Lipinski definition) is 2. The van der Waals surface area contributed by atoms with Crippen LogP contribution in [0, 0.1) is 0 Å². The molecule has 5 nitrogen and oxygen atoms in total. The van der Waals surface area contributed by atoms with Gasteiger partial charge in [0, 0.05) is 18.7 Å². The molecule has 3 N–H and O–H groups in total. The summed E-state index contributed by atoms with van der Waals surface area (Å²) < 4.78 is 4.61. The third-order valence-electron chi connectivity index (χ3n) is 3.87. The van der Waals surface area contributed by atoms with Crippen LogP contribution < -0.4 is 11.1 Å². The molecule has 0 bridgehead atoms. The molecular weight excluding hydrogens is 429 g/mol. The molecule has 0 aromatic heterocycles. The Balaban J connectivity index is 0.00000576. The van der Waals surface area contributed by atoms with Gasteiger partial charge in [-0.15, -0.1) is 24.0 Å². The standard InChI is InChI=1S/C19H31N3O2.HI/c1-15(2)16-10-9-11-17(14-16)22-19(20)21-13-8-6-4-5-7-12-18(23)24-3;/h9-11,14-15H,4-8,12-13H2,1-3H3,(H3,20,21,22);1H. The molecule has 0 fully saturated rings. The number of hydrogen-bond acceptors (Lipinski definition) is 3. The van der Waals surface area contributed by atoms with Crippen molar-refractivity contribution in [2.24, 2.45) is 10.7 Å². The van der Waals surface area contributed by atoms with Gasteiger partial charge in [0.15, 0.2) is 5.96 Å². The molecule has 0 saturated carbocycles. The van der Waals surface area contributed by atoms with Crippen molar-refractivity contribution in [3.8, 4) is 0 Å². The Hall–Kier alpha value is -1.31. The molecule has 0 unspecified atom stereocenters. The number of methoxy groups -OCH3 is 1. The van der Waals surface area contributed by atoms with Crippen molar-refractivity contribution in [3.05, 3.63) is 29.8 Å². The molecule has 0 saturated heterocycles. The lowest BCUT2D eigenvalue weighted by molar-refractivity contribution is -0.140. The van der Waals surface area contributed by atoms with E-state index in [4.69, 9.17) is 5.73 Å². The molecule has 142 valence electrons. The fraction of sp³-hybridized carbons (Fsp3) is 0.579. The second-order valence-corrected chi connectivity index (χ2v) is 6.27. The summed E-state index contributed by atoms with van der Waals surface area (Å²) in [7, 11) is 1.43. The first-order chi connectivity index (χ1) is 11.5. The highest BCUT2D eigenvalue weighted by atomic mass is 127. The molecule has 0 aliphatic heterocycles. The second kappa shape index (κ2) is 13.9. The van der Waals surface area contributed by atoms with Gasteiger partial charge in [0.25, 0.3) is 0 Å². The van der Waals surface area contributed by atoms with E-state index in [0.29, 0.717) is 18.3 Å². The van der Waals surface area contributed by atoms with Gasteiger partial charge in [0.2, 0.25) is 0 Å². The number of halogens is 1. The van der Waals surface area contributed by atoms with E-state index in [1.807, 2.05) is 12.1 Å². The van der Waals surface area contributed by atoms with E-state index in [1.165, 1.54) is 12.7 Å². The van der Waals surface area contributed by atoms with E-state index in [0.717, 1.165) is 44.3 Å². The van der Waals surface area contributed by atoms with Crippen LogP contribution in [0.25, 0.3) is 0 Å². The number of benzene rings is 1. The number of aliphatic imine (C=N–C) groups is 1. The number of nitrogens with two attached hydrogens (primary N) is 1. The zero-order valence-corrected chi connectivity index (χ0v) is 17.9. The molecule has 1 rings (SSSR count). The summed E-state index contributed by atoms with van der Waals surface area (Å²) in [6.07, 6.45) is 5.67. The van der Waals surface area contributed by atoms with Gasteiger partial charge in [-0.2, -0.15) is 0 Å². The molecule has 0 radical (unpaired) electrons. The summed E-state index contributed by atoms with van der Waals surface area (Å²) in [6.45, 7) is 5.06. The van der Waals surface area contributed by atoms with Crippen LogP contribution in [0.1, 0.15) is 63.9 Å². The highest BCUT2D eigenvalue weighted by molar-refractivity contribution is 14.0. The largest absolute Gasteiger partial charge is 0.469 e. The molecule has 0 atom stereocenters. The van der Waals surface area contributed by atoms with Crippen LogP contribution in [-0.4, -0.2) is 25.6 Å². The predicted molar refractivity (Wildman–Crippen MR) is 116 cm³/mol. The minimum absolute atomic E-state index is 0. The third kappa shape index (κ3) is 11.0. The highest BCUT2D eigenvalue weighted by Crippen LogP contribution is 2.18. The van der Waals surface area contributed by atoms with Crippen molar-refractivity contribution >= 4 is 41.6 Å². The summed E-state index contributed by atoms with van der Waals surface area (Å²) in [4.78, 5) is 15.3. The Labute approximate surface area is 168 Å². The fourth-order valence-electron chi connectivity index (χ4n) is 2.38. The number of carbonyl (C=O) groups excluding carboxylic acids is 1.